The van der Waals surface area contributed by atoms with Crippen LogP contribution in [0.4, 0.5) is 10.1 Å². The molecule has 0 fully saturated rings. The Kier molecular flexibility index (Phi) is 2.74. The lowest BCUT2D eigenvalue weighted by molar-refractivity contribution is -0.107. The average Bonchev–Trinajstić information content (AvgIpc) is 2.10. The van der Waals surface area contributed by atoms with Crippen molar-refractivity contribution in [2.45, 2.75) is 6.42 Å². The Morgan fingerprint density at radius 2 is 2.23 bits per heavy atom. The van der Waals surface area contributed by atoms with Crippen molar-refractivity contribution in [2.75, 3.05) is 5.73 Å². The number of benzene rings is 1. The molecule has 68 valence electrons. The van der Waals surface area contributed by atoms with Gasteiger partial charge in [0.05, 0.1) is 12.1 Å². The second kappa shape index (κ2) is 3.80. The molecule has 1 aromatic carbocycles. The van der Waals surface area contributed by atoms with Gasteiger partial charge in [-0.2, -0.15) is 0 Å². The van der Waals surface area contributed by atoms with Gasteiger partial charge in [0.15, 0.2) is 5.78 Å². The van der Waals surface area contributed by atoms with Crippen molar-refractivity contribution in [1.29, 1.82) is 0 Å². The Labute approximate surface area is 74.4 Å². The maximum atomic E-state index is 12.6. The van der Waals surface area contributed by atoms with Gasteiger partial charge < -0.3 is 10.5 Å². The topological polar surface area (TPSA) is 60.2 Å². The highest BCUT2D eigenvalue weighted by molar-refractivity contribution is 6.03. The second-order valence-corrected chi connectivity index (χ2v) is 2.53. The largest absolute Gasteiger partial charge is 0.396 e. The number of nitrogens with two attached hydrogens (primary N) is 1. The highest BCUT2D eigenvalue weighted by Crippen LogP contribution is 2.13. The predicted octanol–water partition coefficient (Wildman–Crippen LogP) is 1.18. The lowest BCUT2D eigenvalue weighted by atomic mass is 10.1. The van der Waals surface area contributed by atoms with Crippen LogP contribution in [0.15, 0.2) is 18.2 Å². The molecule has 0 unspecified atom stereocenters. The Morgan fingerprint density at radius 1 is 1.54 bits per heavy atom. The minimum atomic E-state index is -0.567. The molecule has 13 heavy (non-hydrogen) atoms. The highest BCUT2D eigenvalue weighted by atomic mass is 19.1. The fourth-order valence-electron chi connectivity index (χ4n) is 0.911. The van der Waals surface area contributed by atoms with Crippen LogP contribution < -0.4 is 5.73 Å². The number of aldehydes is 1. The lowest BCUT2D eigenvalue weighted by Gasteiger charge is -1.99. The van der Waals surface area contributed by atoms with Gasteiger partial charge in [-0.05, 0) is 18.2 Å². The van der Waals surface area contributed by atoms with E-state index in [0.29, 0.717) is 6.29 Å². The summed E-state index contributed by atoms with van der Waals surface area (Å²) in [6.45, 7) is 0. The van der Waals surface area contributed by atoms with Crippen molar-refractivity contribution in [3.05, 3.63) is 29.6 Å². The van der Waals surface area contributed by atoms with E-state index in [-0.39, 0.29) is 23.5 Å². The van der Waals surface area contributed by atoms with E-state index in [4.69, 9.17) is 5.73 Å². The summed E-state index contributed by atoms with van der Waals surface area (Å²) in [6, 6.07) is 3.63. The van der Waals surface area contributed by atoms with E-state index in [9.17, 15) is 14.0 Å². The number of ketones is 1. The Hall–Kier alpha value is -1.71. The van der Waals surface area contributed by atoms with E-state index < -0.39 is 5.82 Å². The van der Waals surface area contributed by atoms with Crippen LogP contribution in [0.1, 0.15) is 16.8 Å². The molecule has 1 rings (SSSR count). The zero-order valence-corrected chi connectivity index (χ0v) is 6.79. The molecule has 0 aliphatic rings. The summed E-state index contributed by atoms with van der Waals surface area (Å²) in [5.41, 5.74) is 5.41. The van der Waals surface area contributed by atoms with E-state index in [1.807, 2.05) is 0 Å². The number of hydrogen-bond donors (Lipinski definition) is 1. The van der Waals surface area contributed by atoms with E-state index in [1.54, 1.807) is 0 Å². The van der Waals surface area contributed by atoms with Gasteiger partial charge in [-0.3, -0.25) is 4.79 Å². The molecule has 0 spiro atoms. The molecule has 1 aromatic rings. The zero-order valence-electron chi connectivity index (χ0n) is 6.79. The second-order valence-electron chi connectivity index (χ2n) is 2.53. The molecule has 0 bridgehead atoms. The number of hydrogen-bond acceptors (Lipinski definition) is 3. The van der Waals surface area contributed by atoms with E-state index in [0.717, 1.165) is 6.07 Å². The molecule has 4 heteroatoms. The van der Waals surface area contributed by atoms with Crippen LogP contribution in [0.2, 0.25) is 0 Å². The number of carbonyl (C=O) groups excluding carboxylic acids is 2. The van der Waals surface area contributed by atoms with Crippen LogP contribution >= 0.6 is 0 Å². The lowest BCUT2D eigenvalue weighted by Crippen LogP contribution is -2.01. The van der Waals surface area contributed by atoms with Gasteiger partial charge in [-0.25, -0.2) is 4.39 Å². The first-order valence-electron chi connectivity index (χ1n) is 3.67. The summed E-state index contributed by atoms with van der Waals surface area (Å²) in [6.07, 6.45) is 0.299. The summed E-state index contributed by atoms with van der Waals surface area (Å²) in [4.78, 5) is 21.1. The third-order valence-corrected chi connectivity index (χ3v) is 1.59. The summed E-state index contributed by atoms with van der Waals surface area (Å²) in [5.74, 6) is -0.927. The molecule has 3 nitrogen and oxygen atoms in total. The third kappa shape index (κ3) is 2.11. The Balaban J connectivity index is 2.96. The average molecular weight is 181 g/mol. The Morgan fingerprint density at radius 3 is 2.77 bits per heavy atom. The van der Waals surface area contributed by atoms with Crippen LogP contribution in [-0.2, 0) is 4.79 Å². The van der Waals surface area contributed by atoms with Crippen LogP contribution in [0, 0.1) is 5.82 Å². The quantitative estimate of drug-likeness (QED) is 0.329. The van der Waals surface area contributed by atoms with Crippen molar-refractivity contribution in [2.24, 2.45) is 0 Å². The van der Waals surface area contributed by atoms with Crippen molar-refractivity contribution in [1.82, 2.24) is 0 Å². The number of carbonyl (C=O) groups is 2. The van der Waals surface area contributed by atoms with E-state index in [2.05, 4.69) is 0 Å². The number of halogens is 1. The molecule has 0 saturated heterocycles. The molecular formula is C9H8FNO2. The van der Waals surface area contributed by atoms with Crippen LogP contribution in [0.3, 0.4) is 0 Å². The van der Waals surface area contributed by atoms with Crippen molar-refractivity contribution >= 4 is 17.8 Å². The number of rotatable bonds is 3. The number of Topliss-reactive ketones (excluding diaryl/α,β-unsaturated/α-hetero) is 1. The molecule has 2 N–H and O–H groups in total. The maximum absolute atomic E-state index is 12.6. The van der Waals surface area contributed by atoms with Gasteiger partial charge in [0.2, 0.25) is 0 Å². The van der Waals surface area contributed by atoms with Gasteiger partial charge in [0.1, 0.15) is 12.1 Å². The van der Waals surface area contributed by atoms with Crippen LogP contribution in [-0.4, -0.2) is 12.1 Å². The first-order valence-corrected chi connectivity index (χ1v) is 3.67. The Bertz CT molecular complexity index is 349. The van der Waals surface area contributed by atoms with Crippen LogP contribution in [0.25, 0.3) is 0 Å². The molecule has 0 radical (unpaired) electrons. The molecule has 0 aromatic heterocycles. The minimum Gasteiger partial charge on any atom is -0.396 e. The smallest absolute Gasteiger partial charge is 0.170 e. The molecule has 0 atom stereocenters. The molecule has 0 amide bonds. The normalized spacial score (nSPS) is 9.62. The molecule has 0 aliphatic heterocycles. The van der Waals surface area contributed by atoms with Gasteiger partial charge >= 0.3 is 0 Å². The monoisotopic (exact) mass is 181 g/mol. The first kappa shape index (κ1) is 9.38. The van der Waals surface area contributed by atoms with Gasteiger partial charge in [0.25, 0.3) is 0 Å². The summed E-state index contributed by atoms with van der Waals surface area (Å²) in [5, 5.41) is 0. The minimum absolute atomic E-state index is 0.0863. The molecule has 0 saturated carbocycles. The van der Waals surface area contributed by atoms with Gasteiger partial charge in [0, 0.05) is 5.56 Å². The standard InChI is InChI=1S/C9H8FNO2/c10-7-2-1-6(5-8(7)11)9(13)3-4-12/h1-2,4-5H,3,11H2. The van der Waals surface area contributed by atoms with Crippen LogP contribution in [0.5, 0.6) is 0 Å². The van der Waals surface area contributed by atoms with Gasteiger partial charge in [-0.1, -0.05) is 0 Å². The maximum Gasteiger partial charge on any atom is 0.170 e. The highest BCUT2D eigenvalue weighted by Gasteiger charge is 2.06. The first-order chi connectivity index (χ1) is 6.15. The summed E-state index contributed by atoms with van der Waals surface area (Å²) in [7, 11) is 0. The fourth-order valence-corrected chi connectivity index (χ4v) is 0.911. The SMILES string of the molecule is Nc1cc(C(=O)CC=O)ccc1F. The van der Waals surface area contributed by atoms with Crippen molar-refractivity contribution < 1.29 is 14.0 Å². The zero-order chi connectivity index (χ0) is 9.84. The van der Waals surface area contributed by atoms with E-state index in [1.165, 1.54) is 12.1 Å². The number of nitrogen functional groups attached to an aromatic ring is 1. The molecule has 0 heterocycles. The third-order valence-electron chi connectivity index (χ3n) is 1.59. The number of anilines is 1. The van der Waals surface area contributed by atoms with Crippen molar-refractivity contribution in [3.8, 4) is 0 Å². The summed E-state index contributed by atoms with van der Waals surface area (Å²) >= 11 is 0. The molecule has 0 aliphatic carbocycles. The molecular weight excluding hydrogens is 173 g/mol. The van der Waals surface area contributed by atoms with Gasteiger partial charge in [-0.15, -0.1) is 0 Å². The van der Waals surface area contributed by atoms with Crippen molar-refractivity contribution in [3.63, 3.8) is 0 Å². The fraction of sp³-hybridized carbons (Fsp3) is 0.111. The summed E-state index contributed by atoms with van der Waals surface area (Å²) < 4.78 is 12.6. The predicted molar refractivity (Wildman–Crippen MR) is 45.8 cm³/mol. The van der Waals surface area contributed by atoms with E-state index >= 15 is 0 Å².